The highest BCUT2D eigenvalue weighted by Gasteiger charge is 2.64. The first-order valence-corrected chi connectivity index (χ1v) is 8.70. The lowest BCUT2D eigenvalue weighted by Crippen LogP contribution is -2.69. The van der Waals surface area contributed by atoms with E-state index in [1.165, 1.54) is 21.3 Å². The molecule has 0 bridgehead atoms. The smallest absolute Gasteiger partial charge is 0.374 e. The molecule has 1 fully saturated rings. The van der Waals surface area contributed by atoms with E-state index < -0.39 is 14.2 Å². The van der Waals surface area contributed by atoms with Gasteiger partial charge in [-0.15, -0.1) is 13.2 Å². The summed E-state index contributed by atoms with van der Waals surface area (Å²) in [5.41, 5.74) is -1.31. The third-order valence-electron chi connectivity index (χ3n) is 3.14. The Bertz CT molecular complexity index is 336. The van der Waals surface area contributed by atoms with E-state index in [1.807, 2.05) is 0 Å². The summed E-state index contributed by atoms with van der Waals surface area (Å²) in [5, 5.41) is 0. The Morgan fingerprint density at radius 3 is 2.14 bits per heavy atom. The summed E-state index contributed by atoms with van der Waals surface area (Å²) in [5.74, 6) is 0. The molecule has 1 rings (SSSR count). The molecule has 0 aliphatic carbocycles. The van der Waals surface area contributed by atoms with Crippen molar-refractivity contribution < 1.29 is 32.2 Å². The summed E-state index contributed by atoms with van der Waals surface area (Å²) >= 11 is 0. The van der Waals surface area contributed by atoms with Gasteiger partial charge in [-0.2, -0.15) is 0 Å². The maximum absolute atomic E-state index is 5.97. The van der Waals surface area contributed by atoms with Crippen molar-refractivity contribution in [1.29, 1.82) is 0 Å². The average Bonchev–Trinajstić information content (AvgIpc) is 3.37. The van der Waals surface area contributed by atoms with Crippen LogP contribution in [0.1, 0.15) is 0 Å². The molecule has 1 aliphatic heterocycles. The third-order valence-corrected chi connectivity index (χ3v) is 6.12. The Hall–Kier alpha value is -0.583. The summed E-state index contributed by atoms with van der Waals surface area (Å²) < 4.78 is 39.2. The van der Waals surface area contributed by atoms with Crippen LogP contribution in [0.3, 0.4) is 0 Å². The van der Waals surface area contributed by atoms with Gasteiger partial charge in [-0.1, -0.05) is 12.2 Å². The lowest BCUT2D eigenvalue weighted by molar-refractivity contribution is -0.239. The average molecular weight is 334 g/mol. The summed E-state index contributed by atoms with van der Waals surface area (Å²) in [6, 6.07) is 0. The molecule has 22 heavy (non-hydrogen) atoms. The lowest BCUT2D eigenvalue weighted by atomic mass is 10.5. The molecule has 1 heterocycles. The third kappa shape index (κ3) is 4.70. The van der Waals surface area contributed by atoms with E-state index in [4.69, 9.17) is 32.2 Å². The molecule has 7 nitrogen and oxygen atoms in total. The molecule has 0 amide bonds. The molecule has 0 aromatic heterocycles. The second kappa shape index (κ2) is 9.53. The van der Waals surface area contributed by atoms with Crippen molar-refractivity contribution in [3.8, 4) is 0 Å². The van der Waals surface area contributed by atoms with Gasteiger partial charge < -0.3 is 32.2 Å². The zero-order valence-electron chi connectivity index (χ0n) is 13.5. The van der Waals surface area contributed by atoms with Gasteiger partial charge in [-0.25, -0.2) is 0 Å². The van der Waals surface area contributed by atoms with Crippen LogP contribution in [0.25, 0.3) is 0 Å². The van der Waals surface area contributed by atoms with Crippen molar-refractivity contribution in [2.45, 2.75) is 11.5 Å². The van der Waals surface area contributed by atoms with E-state index in [0.717, 1.165) is 0 Å². The molecule has 0 aromatic rings. The molecular weight excluding hydrogens is 308 g/mol. The largest absolute Gasteiger partial charge is 0.565 e. The first kappa shape index (κ1) is 19.5. The summed E-state index contributed by atoms with van der Waals surface area (Å²) in [6.45, 7) is 8.91. The predicted octanol–water partition coefficient (Wildman–Crippen LogP) is 0.921. The fraction of sp³-hybridized carbons (Fsp3) is 0.714. The second-order valence-electron chi connectivity index (χ2n) is 4.59. The van der Waals surface area contributed by atoms with Gasteiger partial charge in [0.15, 0.2) is 0 Å². The van der Waals surface area contributed by atoms with E-state index in [2.05, 4.69) is 13.2 Å². The Labute approximate surface area is 133 Å². The topological polar surface area (TPSA) is 67.9 Å². The van der Waals surface area contributed by atoms with Crippen LogP contribution in [-0.2, 0) is 32.2 Å². The highest BCUT2D eigenvalue weighted by Crippen LogP contribution is 2.31. The Balaban J connectivity index is 3.00. The van der Waals surface area contributed by atoms with Crippen molar-refractivity contribution in [3.05, 3.63) is 25.3 Å². The predicted molar refractivity (Wildman–Crippen MR) is 82.4 cm³/mol. The maximum Gasteiger partial charge on any atom is 0.565 e. The molecule has 2 unspecified atom stereocenters. The van der Waals surface area contributed by atoms with Crippen LogP contribution in [0, 0.1) is 0 Å². The summed E-state index contributed by atoms with van der Waals surface area (Å²) in [6.07, 6.45) is 3.29. The number of hydrogen-bond donors (Lipinski definition) is 0. The van der Waals surface area contributed by atoms with Gasteiger partial charge >= 0.3 is 8.80 Å². The molecule has 1 aliphatic rings. The monoisotopic (exact) mass is 334 g/mol. The summed E-state index contributed by atoms with van der Waals surface area (Å²) in [7, 11) is 1.16. The van der Waals surface area contributed by atoms with E-state index in [0.29, 0.717) is 19.8 Å². The SMILES string of the molecule is C=CCOCC(OCC=C)(OCC1CO1)[Si](OC)(OC)OC. The minimum absolute atomic E-state index is 0.0448. The van der Waals surface area contributed by atoms with Crippen LogP contribution in [0.15, 0.2) is 25.3 Å². The van der Waals surface area contributed by atoms with E-state index in [-0.39, 0.29) is 19.3 Å². The minimum Gasteiger partial charge on any atom is -0.374 e. The molecule has 0 spiro atoms. The molecule has 0 N–H and O–H groups in total. The molecule has 2 atom stereocenters. The maximum atomic E-state index is 5.97. The van der Waals surface area contributed by atoms with Gasteiger partial charge in [-0.3, -0.25) is 0 Å². The standard InChI is InChI=1S/C14H26O7Si/c1-6-8-18-12-14(20-9-7-2,21-11-13-10-19-13)22(15-3,16-4)17-5/h6-7,13H,1-2,8-12H2,3-5H3. The molecule has 0 saturated carbocycles. The zero-order chi connectivity index (χ0) is 16.5. The van der Waals surface area contributed by atoms with Crippen LogP contribution >= 0.6 is 0 Å². The highest BCUT2D eigenvalue weighted by molar-refractivity contribution is 6.63. The zero-order valence-corrected chi connectivity index (χ0v) is 14.5. The normalized spacial score (nSPS) is 20.4. The molecule has 1 saturated heterocycles. The van der Waals surface area contributed by atoms with E-state index >= 15 is 0 Å². The number of epoxide rings is 1. The lowest BCUT2D eigenvalue weighted by Gasteiger charge is -2.41. The van der Waals surface area contributed by atoms with E-state index in [9.17, 15) is 0 Å². The minimum atomic E-state index is -3.33. The Morgan fingerprint density at radius 1 is 1.09 bits per heavy atom. The Kier molecular flexibility index (Phi) is 8.43. The van der Waals surface area contributed by atoms with Crippen molar-refractivity contribution in [2.24, 2.45) is 0 Å². The van der Waals surface area contributed by atoms with E-state index in [1.54, 1.807) is 12.2 Å². The summed E-state index contributed by atoms with van der Waals surface area (Å²) in [4.78, 5) is 0. The first-order chi connectivity index (χ1) is 10.6. The molecule has 128 valence electrons. The van der Waals surface area contributed by atoms with Crippen molar-refractivity contribution >= 4 is 8.80 Å². The van der Waals surface area contributed by atoms with Crippen molar-refractivity contribution in [3.63, 3.8) is 0 Å². The number of ether oxygens (including phenoxy) is 4. The van der Waals surface area contributed by atoms with Crippen LogP contribution in [0.2, 0.25) is 0 Å². The van der Waals surface area contributed by atoms with Crippen LogP contribution in [0.5, 0.6) is 0 Å². The van der Waals surface area contributed by atoms with Gasteiger partial charge in [0.1, 0.15) is 12.7 Å². The van der Waals surface area contributed by atoms with Gasteiger partial charge in [0.2, 0.25) is 0 Å². The van der Waals surface area contributed by atoms with Gasteiger partial charge in [0, 0.05) is 21.3 Å². The van der Waals surface area contributed by atoms with Crippen molar-refractivity contribution in [2.75, 3.05) is 54.4 Å². The fourth-order valence-corrected chi connectivity index (χ4v) is 4.20. The molecule has 0 radical (unpaired) electrons. The molecule has 0 aromatic carbocycles. The molecule has 8 heteroatoms. The second-order valence-corrected chi connectivity index (χ2v) is 7.69. The fourth-order valence-electron chi connectivity index (χ4n) is 1.97. The van der Waals surface area contributed by atoms with Gasteiger partial charge in [-0.05, 0) is 0 Å². The highest BCUT2D eigenvalue weighted by atomic mass is 28.4. The molecular formula is C14H26O7Si. The van der Waals surface area contributed by atoms with Gasteiger partial charge in [0.05, 0.1) is 26.4 Å². The number of rotatable bonds is 14. The van der Waals surface area contributed by atoms with Crippen LogP contribution in [0.4, 0.5) is 0 Å². The van der Waals surface area contributed by atoms with Crippen LogP contribution in [-0.4, -0.2) is 74.7 Å². The van der Waals surface area contributed by atoms with Crippen LogP contribution < -0.4 is 0 Å². The van der Waals surface area contributed by atoms with Crippen molar-refractivity contribution in [1.82, 2.24) is 0 Å². The number of hydrogen-bond acceptors (Lipinski definition) is 7. The van der Waals surface area contributed by atoms with Gasteiger partial charge in [0.25, 0.3) is 5.41 Å². The Morgan fingerprint density at radius 2 is 1.68 bits per heavy atom. The first-order valence-electron chi connectivity index (χ1n) is 6.98. The quantitative estimate of drug-likeness (QED) is 0.154.